The third-order valence-corrected chi connectivity index (χ3v) is 2.85. The Hall–Kier alpha value is -2.98. The quantitative estimate of drug-likeness (QED) is 0.715. The number of rotatable bonds is 1. The molecule has 0 bridgehead atoms. The Bertz CT molecular complexity index is 826. The zero-order valence-corrected chi connectivity index (χ0v) is 11.6. The molecule has 0 radical (unpaired) electrons. The van der Waals surface area contributed by atoms with Crippen LogP contribution in [0.5, 0.6) is 0 Å². The van der Waals surface area contributed by atoms with Gasteiger partial charge >= 0.3 is 0 Å². The summed E-state index contributed by atoms with van der Waals surface area (Å²) in [5, 5.41) is 8.58. The van der Waals surface area contributed by atoms with Crippen LogP contribution in [0, 0.1) is 40.6 Å². The van der Waals surface area contributed by atoms with E-state index in [1.807, 2.05) is 6.92 Å². The van der Waals surface area contributed by atoms with Gasteiger partial charge in [-0.25, -0.2) is 13.2 Å². The van der Waals surface area contributed by atoms with Crippen molar-refractivity contribution < 1.29 is 13.2 Å². The van der Waals surface area contributed by atoms with Gasteiger partial charge in [-0.1, -0.05) is 30.1 Å². The molecule has 0 aromatic heterocycles. The van der Waals surface area contributed by atoms with E-state index in [0.717, 1.165) is 12.1 Å². The predicted octanol–water partition coefficient (Wildman–Crippen LogP) is 4.41. The lowest BCUT2D eigenvalue weighted by Crippen LogP contribution is -1.92. The van der Waals surface area contributed by atoms with Gasteiger partial charge in [0.2, 0.25) is 0 Å². The molecule has 0 aliphatic rings. The van der Waals surface area contributed by atoms with Crippen molar-refractivity contribution in [3.05, 3.63) is 76.1 Å². The second-order valence-corrected chi connectivity index (χ2v) is 4.42. The lowest BCUT2D eigenvalue weighted by Gasteiger charge is -1.98. The van der Waals surface area contributed by atoms with E-state index in [1.54, 1.807) is 18.2 Å². The molecule has 0 N–H and O–H groups in total. The van der Waals surface area contributed by atoms with Crippen LogP contribution in [0.3, 0.4) is 0 Å². The number of nitrogens with zero attached hydrogens (tertiary/aromatic N) is 1. The van der Waals surface area contributed by atoms with Gasteiger partial charge in [0, 0.05) is 5.56 Å². The van der Waals surface area contributed by atoms with Gasteiger partial charge in [-0.05, 0) is 36.8 Å². The number of hydrogen-bond donors (Lipinski definition) is 0. The summed E-state index contributed by atoms with van der Waals surface area (Å²) in [4.78, 5) is 0. The Morgan fingerprint density at radius 3 is 2.18 bits per heavy atom. The van der Waals surface area contributed by atoms with Crippen molar-refractivity contribution in [3.63, 3.8) is 0 Å². The number of nitriles is 1. The summed E-state index contributed by atoms with van der Waals surface area (Å²) >= 11 is 0. The van der Waals surface area contributed by atoms with Crippen LogP contribution in [0.1, 0.15) is 29.2 Å². The lowest BCUT2D eigenvalue weighted by molar-refractivity contribution is 0.576. The fraction of sp³-hybridized carbons (Fsp3) is 0.0556. The fourth-order valence-electron chi connectivity index (χ4n) is 1.82. The van der Waals surface area contributed by atoms with E-state index in [4.69, 9.17) is 5.26 Å². The van der Waals surface area contributed by atoms with Gasteiger partial charge < -0.3 is 0 Å². The highest BCUT2D eigenvalue weighted by atomic mass is 19.1. The molecule has 108 valence electrons. The predicted molar refractivity (Wildman–Crippen MR) is 78.2 cm³/mol. The molecule has 22 heavy (non-hydrogen) atoms. The molecule has 2 aromatic carbocycles. The number of benzene rings is 2. The van der Waals surface area contributed by atoms with Crippen molar-refractivity contribution in [3.8, 4) is 17.9 Å². The third kappa shape index (κ3) is 3.37. The minimum Gasteiger partial charge on any atom is -0.206 e. The lowest BCUT2D eigenvalue weighted by atomic mass is 10.1. The van der Waals surface area contributed by atoms with Crippen molar-refractivity contribution in [1.82, 2.24) is 0 Å². The summed E-state index contributed by atoms with van der Waals surface area (Å²) in [6.07, 6.45) is 3.52. The Balaban J connectivity index is 2.37. The van der Waals surface area contributed by atoms with Crippen LogP contribution in [0.15, 0.2) is 36.4 Å². The molecule has 0 amide bonds. The Labute approximate surface area is 126 Å². The zero-order valence-electron chi connectivity index (χ0n) is 11.6. The zero-order chi connectivity index (χ0) is 16.1. The SMILES string of the molecule is CC=Cc1ccc(C#Cc2cc(F)c(C#N)c(F)c2)c(F)c1. The highest BCUT2D eigenvalue weighted by Crippen LogP contribution is 2.15. The highest BCUT2D eigenvalue weighted by Gasteiger charge is 2.09. The first-order valence-corrected chi connectivity index (χ1v) is 6.38. The van der Waals surface area contributed by atoms with Crippen molar-refractivity contribution in [1.29, 1.82) is 5.26 Å². The topological polar surface area (TPSA) is 23.8 Å². The summed E-state index contributed by atoms with van der Waals surface area (Å²) in [7, 11) is 0. The maximum atomic E-state index is 13.8. The molecule has 4 heteroatoms. The maximum absolute atomic E-state index is 13.8. The van der Waals surface area contributed by atoms with Crippen LogP contribution in [0.2, 0.25) is 0 Å². The molecule has 0 saturated heterocycles. The van der Waals surface area contributed by atoms with E-state index >= 15 is 0 Å². The van der Waals surface area contributed by atoms with Crippen molar-refractivity contribution in [2.45, 2.75) is 6.92 Å². The number of halogens is 3. The number of allylic oxidation sites excluding steroid dienone is 1. The van der Waals surface area contributed by atoms with Gasteiger partial charge in [0.25, 0.3) is 0 Å². The molecule has 1 nitrogen and oxygen atoms in total. The van der Waals surface area contributed by atoms with Gasteiger partial charge in [0.05, 0.1) is 5.56 Å². The summed E-state index contributed by atoms with van der Waals surface area (Å²) < 4.78 is 40.7. The van der Waals surface area contributed by atoms with Gasteiger partial charge in [0.15, 0.2) is 0 Å². The molecule has 0 atom stereocenters. The van der Waals surface area contributed by atoms with E-state index in [2.05, 4.69) is 11.8 Å². The molecule has 2 rings (SSSR count). The second-order valence-electron chi connectivity index (χ2n) is 4.42. The van der Waals surface area contributed by atoms with Crippen LogP contribution < -0.4 is 0 Å². The van der Waals surface area contributed by atoms with Gasteiger partial charge in [0.1, 0.15) is 29.1 Å². The van der Waals surface area contributed by atoms with Gasteiger partial charge in [-0.2, -0.15) is 5.26 Å². The first-order chi connectivity index (χ1) is 10.5. The fourth-order valence-corrected chi connectivity index (χ4v) is 1.82. The maximum Gasteiger partial charge on any atom is 0.145 e. The summed E-state index contributed by atoms with van der Waals surface area (Å²) in [6, 6.07) is 7.82. The monoisotopic (exact) mass is 297 g/mol. The first kappa shape index (κ1) is 15.4. The Morgan fingerprint density at radius 1 is 0.955 bits per heavy atom. The van der Waals surface area contributed by atoms with Gasteiger partial charge in [-0.15, -0.1) is 0 Å². The molecule has 0 unspecified atom stereocenters. The second kappa shape index (κ2) is 6.65. The van der Waals surface area contributed by atoms with E-state index in [0.29, 0.717) is 5.56 Å². The average molecular weight is 297 g/mol. The standard InChI is InChI=1S/C18H10F3N/c1-2-3-12-4-6-14(16(19)8-12)7-5-13-9-17(20)15(11-22)18(21)10-13/h2-4,6,8-10H,1H3. The first-order valence-electron chi connectivity index (χ1n) is 6.38. The van der Waals surface area contributed by atoms with Gasteiger partial charge in [-0.3, -0.25) is 0 Å². The largest absolute Gasteiger partial charge is 0.206 e. The smallest absolute Gasteiger partial charge is 0.145 e. The van der Waals surface area contributed by atoms with Crippen LogP contribution >= 0.6 is 0 Å². The third-order valence-electron chi connectivity index (χ3n) is 2.85. The van der Waals surface area contributed by atoms with E-state index in [-0.39, 0.29) is 11.1 Å². The van der Waals surface area contributed by atoms with E-state index in [1.165, 1.54) is 18.2 Å². The molecule has 0 spiro atoms. The molecule has 2 aromatic rings. The summed E-state index contributed by atoms with van der Waals surface area (Å²) in [5.74, 6) is 2.52. The molecule has 0 aliphatic carbocycles. The van der Waals surface area contributed by atoms with Crippen LogP contribution in [0.4, 0.5) is 13.2 Å². The van der Waals surface area contributed by atoms with Crippen molar-refractivity contribution in [2.75, 3.05) is 0 Å². The van der Waals surface area contributed by atoms with E-state index < -0.39 is 23.0 Å². The molecule has 0 saturated carbocycles. The van der Waals surface area contributed by atoms with Crippen LogP contribution in [-0.2, 0) is 0 Å². The molecule has 0 heterocycles. The summed E-state index contributed by atoms with van der Waals surface area (Å²) in [6.45, 7) is 1.82. The minimum absolute atomic E-state index is 0.0333. The highest BCUT2D eigenvalue weighted by molar-refractivity contribution is 5.53. The van der Waals surface area contributed by atoms with Crippen LogP contribution in [-0.4, -0.2) is 0 Å². The normalized spacial score (nSPS) is 10.1. The molecule has 0 aliphatic heterocycles. The average Bonchev–Trinajstić information content (AvgIpc) is 2.46. The number of hydrogen-bond acceptors (Lipinski definition) is 1. The summed E-state index contributed by atoms with van der Waals surface area (Å²) in [5.41, 5.74) is 0.192. The Kier molecular flexibility index (Phi) is 4.66. The molecular formula is C18H10F3N. The molecule has 0 fully saturated rings. The van der Waals surface area contributed by atoms with E-state index in [9.17, 15) is 13.2 Å². The Morgan fingerprint density at radius 2 is 1.64 bits per heavy atom. The molecular weight excluding hydrogens is 287 g/mol. The van der Waals surface area contributed by atoms with Crippen molar-refractivity contribution in [2.24, 2.45) is 0 Å². The van der Waals surface area contributed by atoms with Crippen LogP contribution in [0.25, 0.3) is 6.08 Å². The van der Waals surface area contributed by atoms with Crippen molar-refractivity contribution >= 4 is 6.08 Å². The minimum atomic E-state index is -0.990.